The number of aliphatic carboxylic acids is 1. The minimum absolute atomic E-state index is 0.313. The van der Waals surface area contributed by atoms with E-state index in [2.05, 4.69) is 0 Å². The lowest BCUT2D eigenvalue weighted by atomic mass is 10.1. The molecule has 1 atom stereocenters. The van der Waals surface area contributed by atoms with E-state index in [-0.39, 0.29) is 5.91 Å². The maximum atomic E-state index is 11.9. The van der Waals surface area contributed by atoms with Gasteiger partial charge in [-0.3, -0.25) is 9.59 Å². The first-order chi connectivity index (χ1) is 8.06. The number of carboxylic acids is 1. The maximum Gasteiger partial charge on any atom is 0.316 e. The van der Waals surface area contributed by atoms with Crippen LogP contribution in [0.25, 0.3) is 0 Å². The third kappa shape index (κ3) is 3.59. The Hall–Kier alpha value is -1.84. The molecule has 1 amide bonds. The highest BCUT2D eigenvalue weighted by atomic mass is 16.4. The highest BCUT2D eigenvalue weighted by molar-refractivity contribution is 5.96. The maximum absolute atomic E-state index is 11.9. The van der Waals surface area contributed by atoms with Crippen LogP contribution in [0.5, 0.6) is 0 Å². The number of carboxylic acid groups (broad SMARTS) is 1. The summed E-state index contributed by atoms with van der Waals surface area (Å²) in [5, 5.41) is 8.91. The third-order valence-electron chi connectivity index (χ3n) is 2.64. The molecule has 4 nitrogen and oxygen atoms in total. The molecule has 1 rings (SSSR count). The fraction of sp³-hybridized carbons (Fsp3) is 0.385. The van der Waals surface area contributed by atoms with Crippen LogP contribution in [0.3, 0.4) is 0 Å². The smallest absolute Gasteiger partial charge is 0.316 e. The molecule has 4 heteroatoms. The van der Waals surface area contributed by atoms with Crippen LogP contribution in [0.15, 0.2) is 30.3 Å². The second-order valence-corrected chi connectivity index (χ2v) is 3.98. The van der Waals surface area contributed by atoms with Crippen LogP contribution in [-0.2, 0) is 16.1 Å². The predicted molar refractivity (Wildman–Crippen MR) is 64.3 cm³/mol. The Morgan fingerprint density at radius 2 is 1.88 bits per heavy atom. The second kappa shape index (κ2) is 6.03. The zero-order chi connectivity index (χ0) is 12.8. The van der Waals surface area contributed by atoms with Crippen LogP contribution in [0.1, 0.15) is 18.9 Å². The number of hydrogen-bond acceptors (Lipinski definition) is 2. The minimum atomic E-state index is -1.06. The van der Waals surface area contributed by atoms with Gasteiger partial charge in [0.25, 0.3) is 0 Å². The normalized spacial score (nSPS) is 11.9. The molecule has 92 valence electrons. The Kier molecular flexibility index (Phi) is 4.69. The van der Waals surface area contributed by atoms with Crippen molar-refractivity contribution in [1.29, 1.82) is 0 Å². The van der Waals surface area contributed by atoms with Gasteiger partial charge >= 0.3 is 5.97 Å². The van der Waals surface area contributed by atoms with Gasteiger partial charge in [0.2, 0.25) is 5.91 Å². The Morgan fingerprint density at radius 1 is 1.29 bits per heavy atom. The number of hydrogen-bond donors (Lipinski definition) is 1. The lowest BCUT2D eigenvalue weighted by molar-refractivity contribution is -0.150. The summed E-state index contributed by atoms with van der Waals surface area (Å²) < 4.78 is 0. The highest BCUT2D eigenvalue weighted by Gasteiger charge is 2.26. The van der Waals surface area contributed by atoms with Gasteiger partial charge in [-0.2, -0.15) is 0 Å². The molecule has 0 fully saturated rings. The van der Waals surface area contributed by atoms with Gasteiger partial charge in [0, 0.05) is 13.6 Å². The molecule has 0 spiro atoms. The molecule has 1 unspecified atom stereocenters. The van der Waals surface area contributed by atoms with E-state index < -0.39 is 11.9 Å². The molecule has 0 bridgehead atoms. The molecule has 0 heterocycles. The van der Waals surface area contributed by atoms with Crippen molar-refractivity contribution in [3.8, 4) is 0 Å². The molecule has 0 aliphatic heterocycles. The number of amides is 1. The number of nitrogens with zero attached hydrogens (tertiary/aromatic N) is 1. The summed E-state index contributed by atoms with van der Waals surface area (Å²) in [6, 6.07) is 9.50. The van der Waals surface area contributed by atoms with E-state index in [1.165, 1.54) is 4.90 Å². The van der Waals surface area contributed by atoms with Gasteiger partial charge in [-0.05, 0) is 12.0 Å². The highest BCUT2D eigenvalue weighted by Crippen LogP contribution is 2.10. The van der Waals surface area contributed by atoms with E-state index in [1.54, 1.807) is 14.0 Å². The summed E-state index contributed by atoms with van der Waals surface area (Å²) >= 11 is 0. The van der Waals surface area contributed by atoms with Crippen LogP contribution in [0.2, 0.25) is 0 Å². The Morgan fingerprint density at radius 3 is 2.35 bits per heavy atom. The van der Waals surface area contributed by atoms with E-state index in [0.29, 0.717) is 13.0 Å². The first kappa shape index (κ1) is 13.2. The van der Waals surface area contributed by atoms with Crippen molar-refractivity contribution < 1.29 is 14.7 Å². The monoisotopic (exact) mass is 235 g/mol. The summed E-state index contributed by atoms with van der Waals surface area (Å²) in [5.74, 6) is -2.34. The molecule has 0 saturated heterocycles. The average Bonchev–Trinajstić information content (AvgIpc) is 2.30. The van der Waals surface area contributed by atoms with Crippen molar-refractivity contribution in [2.24, 2.45) is 5.92 Å². The standard InChI is InChI=1S/C13H17NO3/c1-3-11(13(16)17)12(15)14(2)9-10-7-5-4-6-8-10/h4-8,11H,3,9H2,1-2H3,(H,16,17). The van der Waals surface area contributed by atoms with Gasteiger partial charge < -0.3 is 10.0 Å². The van der Waals surface area contributed by atoms with Crippen molar-refractivity contribution in [3.05, 3.63) is 35.9 Å². The molecule has 1 N–H and O–H groups in total. The van der Waals surface area contributed by atoms with Crippen LogP contribution < -0.4 is 0 Å². The molecule has 0 saturated carbocycles. The van der Waals surface area contributed by atoms with Crippen LogP contribution in [0, 0.1) is 5.92 Å². The molecule has 1 aromatic carbocycles. The molecule has 17 heavy (non-hydrogen) atoms. The van der Waals surface area contributed by atoms with Gasteiger partial charge in [0.15, 0.2) is 0 Å². The fourth-order valence-electron chi connectivity index (χ4n) is 1.66. The molecular weight excluding hydrogens is 218 g/mol. The molecule has 0 aromatic heterocycles. The second-order valence-electron chi connectivity index (χ2n) is 3.98. The van der Waals surface area contributed by atoms with E-state index in [0.717, 1.165) is 5.56 Å². The van der Waals surface area contributed by atoms with Crippen LogP contribution in [0.4, 0.5) is 0 Å². The van der Waals surface area contributed by atoms with Gasteiger partial charge in [-0.15, -0.1) is 0 Å². The number of benzene rings is 1. The van der Waals surface area contributed by atoms with E-state index in [1.807, 2.05) is 30.3 Å². The zero-order valence-corrected chi connectivity index (χ0v) is 10.1. The van der Waals surface area contributed by atoms with Gasteiger partial charge in [-0.1, -0.05) is 37.3 Å². The quantitative estimate of drug-likeness (QED) is 0.791. The van der Waals surface area contributed by atoms with E-state index in [4.69, 9.17) is 5.11 Å². The molecule has 1 aromatic rings. The summed E-state index contributed by atoms with van der Waals surface area (Å²) in [6.07, 6.45) is 0.313. The minimum Gasteiger partial charge on any atom is -0.481 e. The Balaban J connectivity index is 2.67. The van der Waals surface area contributed by atoms with E-state index in [9.17, 15) is 9.59 Å². The summed E-state index contributed by atoms with van der Waals surface area (Å²) in [5.41, 5.74) is 0.989. The van der Waals surface area contributed by atoms with Gasteiger partial charge in [0.05, 0.1) is 0 Å². The summed E-state index contributed by atoms with van der Waals surface area (Å²) in [7, 11) is 1.63. The van der Waals surface area contributed by atoms with Crippen molar-refractivity contribution >= 4 is 11.9 Å². The SMILES string of the molecule is CCC(C(=O)O)C(=O)N(C)Cc1ccccc1. The van der Waals surface area contributed by atoms with Crippen molar-refractivity contribution in [3.63, 3.8) is 0 Å². The van der Waals surface area contributed by atoms with Crippen molar-refractivity contribution in [1.82, 2.24) is 4.90 Å². The summed E-state index contributed by atoms with van der Waals surface area (Å²) in [4.78, 5) is 24.2. The first-order valence-corrected chi connectivity index (χ1v) is 5.58. The average molecular weight is 235 g/mol. The Labute approximate surface area is 101 Å². The van der Waals surface area contributed by atoms with Gasteiger partial charge in [0.1, 0.15) is 5.92 Å². The molecule has 0 aliphatic rings. The number of rotatable bonds is 5. The Bertz CT molecular complexity index is 389. The predicted octanol–water partition coefficient (Wildman–Crippen LogP) is 1.76. The topological polar surface area (TPSA) is 57.6 Å². The number of carbonyl (C=O) groups excluding carboxylic acids is 1. The fourth-order valence-corrected chi connectivity index (χ4v) is 1.66. The summed E-state index contributed by atoms with van der Waals surface area (Å²) in [6.45, 7) is 2.14. The lowest BCUT2D eigenvalue weighted by Gasteiger charge is -2.20. The van der Waals surface area contributed by atoms with Gasteiger partial charge in [-0.25, -0.2) is 0 Å². The molecular formula is C13H17NO3. The number of carbonyl (C=O) groups is 2. The van der Waals surface area contributed by atoms with Crippen molar-refractivity contribution in [2.45, 2.75) is 19.9 Å². The van der Waals surface area contributed by atoms with E-state index >= 15 is 0 Å². The van der Waals surface area contributed by atoms with Crippen LogP contribution >= 0.6 is 0 Å². The van der Waals surface area contributed by atoms with Crippen LogP contribution in [-0.4, -0.2) is 28.9 Å². The first-order valence-electron chi connectivity index (χ1n) is 5.58. The lowest BCUT2D eigenvalue weighted by Crippen LogP contribution is -2.36. The third-order valence-corrected chi connectivity index (χ3v) is 2.64. The molecule has 0 radical (unpaired) electrons. The molecule has 0 aliphatic carbocycles. The largest absolute Gasteiger partial charge is 0.481 e. The zero-order valence-electron chi connectivity index (χ0n) is 10.1. The van der Waals surface area contributed by atoms with Crippen molar-refractivity contribution in [2.75, 3.05) is 7.05 Å².